The summed E-state index contributed by atoms with van der Waals surface area (Å²) in [6.45, 7) is 0. The van der Waals surface area contributed by atoms with Gasteiger partial charge in [0.1, 0.15) is 11.6 Å². The Labute approximate surface area is 171 Å². The summed E-state index contributed by atoms with van der Waals surface area (Å²) in [5.41, 5.74) is 8.04. The fourth-order valence-corrected chi connectivity index (χ4v) is 4.79. The van der Waals surface area contributed by atoms with Crippen LogP contribution in [-0.2, 0) is 0 Å². The summed E-state index contributed by atoms with van der Waals surface area (Å²) in [5, 5.41) is 9.40. The second kappa shape index (κ2) is 8.11. The van der Waals surface area contributed by atoms with Crippen molar-refractivity contribution in [1.82, 2.24) is 19.7 Å². The Bertz CT molecular complexity index is 952. The van der Waals surface area contributed by atoms with Crippen LogP contribution in [0.25, 0.3) is 16.7 Å². The second-order valence-electron chi connectivity index (χ2n) is 8.65. The molecule has 0 saturated heterocycles. The topological polar surface area (TPSA) is 81.7 Å². The zero-order chi connectivity index (χ0) is 19.6. The highest BCUT2D eigenvalue weighted by Crippen LogP contribution is 2.34. The van der Waals surface area contributed by atoms with E-state index < -0.39 is 0 Å². The number of nitrogens with zero attached hydrogens (tertiary/aromatic N) is 4. The summed E-state index contributed by atoms with van der Waals surface area (Å²) in [6, 6.07) is 11.0. The fourth-order valence-electron chi connectivity index (χ4n) is 4.79. The van der Waals surface area contributed by atoms with Gasteiger partial charge >= 0.3 is 0 Å². The Morgan fingerprint density at radius 1 is 0.897 bits per heavy atom. The molecule has 0 unspecified atom stereocenters. The van der Waals surface area contributed by atoms with Crippen LogP contribution in [0.1, 0.15) is 69.5 Å². The number of benzene rings is 1. The molecule has 2 saturated carbocycles. The highest BCUT2D eigenvalue weighted by molar-refractivity contribution is 5.87. The molecular weight excluding hydrogens is 360 g/mol. The van der Waals surface area contributed by atoms with Crippen LogP contribution in [0.2, 0.25) is 0 Å². The molecule has 6 heteroatoms. The smallest absolute Gasteiger partial charge is 0.168 e. The minimum absolute atomic E-state index is 0.345. The van der Waals surface area contributed by atoms with Gasteiger partial charge in [0.2, 0.25) is 0 Å². The molecule has 0 bridgehead atoms. The first-order valence-corrected chi connectivity index (χ1v) is 11.1. The zero-order valence-corrected chi connectivity index (χ0v) is 16.9. The van der Waals surface area contributed by atoms with Gasteiger partial charge in [-0.2, -0.15) is 5.10 Å². The summed E-state index contributed by atoms with van der Waals surface area (Å²) < 4.78 is 1.95. The lowest BCUT2D eigenvalue weighted by Gasteiger charge is -2.28. The molecule has 1 aromatic carbocycles. The van der Waals surface area contributed by atoms with E-state index >= 15 is 0 Å². The number of anilines is 1. The van der Waals surface area contributed by atoms with Crippen molar-refractivity contribution in [3.8, 4) is 5.69 Å². The molecule has 3 N–H and O–H groups in total. The van der Waals surface area contributed by atoms with Gasteiger partial charge in [-0.05, 0) is 50.7 Å². The predicted molar refractivity (Wildman–Crippen MR) is 116 cm³/mol. The molecule has 3 aromatic rings. The number of para-hydroxylation sites is 1. The average molecular weight is 391 g/mol. The Kier molecular flexibility index (Phi) is 5.19. The van der Waals surface area contributed by atoms with Crippen molar-refractivity contribution in [2.24, 2.45) is 5.73 Å². The van der Waals surface area contributed by atoms with Gasteiger partial charge in [0.05, 0.1) is 17.3 Å². The number of nitrogens with two attached hydrogens (primary N) is 1. The average Bonchev–Trinajstić information content (AvgIpc) is 3.21. The van der Waals surface area contributed by atoms with Crippen LogP contribution in [0.4, 0.5) is 5.82 Å². The van der Waals surface area contributed by atoms with Gasteiger partial charge in [-0.25, -0.2) is 14.6 Å². The van der Waals surface area contributed by atoms with E-state index in [1.54, 1.807) is 0 Å². The van der Waals surface area contributed by atoms with E-state index in [9.17, 15) is 0 Å². The Morgan fingerprint density at radius 3 is 2.41 bits per heavy atom. The number of hydrogen-bond donors (Lipinski definition) is 2. The van der Waals surface area contributed by atoms with Gasteiger partial charge in [-0.15, -0.1) is 0 Å². The number of fused-ring (bicyclic) bond motifs is 1. The zero-order valence-electron chi connectivity index (χ0n) is 16.9. The van der Waals surface area contributed by atoms with Gasteiger partial charge in [-0.3, -0.25) is 0 Å². The molecular formula is C23H30N6. The third-order valence-electron chi connectivity index (χ3n) is 6.53. The van der Waals surface area contributed by atoms with E-state index in [0.29, 0.717) is 18.0 Å². The molecule has 6 nitrogen and oxygen atoms in total. The van der Waals surface area contributed by atoms with E-state index in [4.69, 9.17) is 15.7 Å². The molecule has 2 heterocycles. The lowest BCUT2D eigenvalue weighted by Crippen LogP contribution is -2.33. The second-order valence-corrected chi connectivity index (χ2v) is 8.65. The van der Waals surface area contributed by atoms with Crippen LogP contribution in [0.5, 0.6) is 0 Å². The van der Waals surface area contributed by atoms with Crippen LogP contribution < -0.4 is 11.1 Å². The normalized spacial score (nSPS) is 23.3. The molecule has 2 aliphatic carbocycles. The van der Waals surface area contributed by atoms with E-state index in [2.05, 4.69) is 22.5 Å². The molecule has 5 rings (SSSR count). The summed E-state index contributed by atoms with van der Waals surface area (Å²) in [6.07, 6.45) is 12.5. The van der Waals surface area contributed by atoms with Crippen molar-refractivity contribution in [2.75, 3.05) is 5.32 Å². The summed E-state index contributed by atoms with van der Waals surface area (Å²) in [4.78, 5) is 10.1. The number of aromatic nitrogens is 4. The molecule has 2 aromatic heterocycles. The maximum absolute atomic E-state index is 6.10. The number of hydrogen-bond acceptors (Lipinski definition) is 5. The van der Waals surface area contributed by atoms with Crippen molar-refractivity contribution >= 4 is 16.9 Å². The van der Waals surface area contributed by atoms with Crippen molar-refractivity contribution in [3.05, 3.63) is 42.4 Å². The van der Waals surface area contributed by atoms with Crippen LogP contribution in [0, 0.1) is 0 Å². The molecule has 0 aliphatic heterocycles. The van der Waals surface area contributed by atoms with E-state index in [1.165, 1.54) is 32.1 Å². The minimum atomic E-state index is 0.345. The number of rotatable bonds is 4. The highest BCUT2D eigenvalue weighted by Gasteiger charge is 2.24. The summed E-state index contributed by atoms with van der Waals surface area (Å²) in [5.74, 6) is 2.37. The molecule has 0 amide bonds. The number of nitrogens with one attached hydrogen (secondary N) is 1. The lowest BCUT2D eigenvalue weighted by atomic mass is 9.88. The van der Waals surface area contributed by atoms with Crippen LogP contribution in [-0.4, -0.2) is 31.8 Å². The van der Waals surface area contributed by atoms with Crippen LogP contribution >= 0.6 is 0 Å². The Hall–Kier alpha value is -2.47. The highest BCUT2D eigenvalue weighted by atomic mass is 15.3. The Balaban J connectivity index is 1.55. The van der Waals surface area contributed by atoms with Crippen molar-refractivity contribution in [1.29, 1.82) is 0 Å². The van der Waals surface area contributed by atoms with Gasteiger partial charge < -0.3 is 11.1 Å². The van der Waals surface area contributed by atoms with Crippen molar-refractivity contribution in [2.45, 2.75) is 75.8 Å². The first kappa shape index (κ1) is 18.6. The molecule has 152 valence electrons. The monoisotopic (exact) mass is 390 g/mol. The maximum Gasteiger partial charge on any atom is 0.168 e. The molecule has 0 radical (unpaired) electrons. The van der Waals surface area contributed by atoms with Gasteiger partial charge in [0, 0.05) is 18.0 Å². The van der Waals surface area contributed by atoms with Crippen molar-refractivity contribution in [3.63, 3.8) is 0 Å². The van der Waals surface area contributed by atoms with Crippen LogP contribution in [0.3, 0.4) is 0 Å². The lowest BCUT2D eigenvalue weighted by molar-refractivity contribution is 0.409. The first-order valence-electron chi connectivity index (χ1n) is 11.1. The van der Waals surface area contributed by atoms with E-state index in [0.717, 1.165) is 54.0 Å². The first-order chi connectivity index (χ1) is 14.3. The SMILES string of the molecule is NC1CCC(Nc2nc(C3CCCCC3)nc3c2cnn3-c2ccccc2)CC1. The summed E-state index contributed by atoms with van der Waals surface area (Å²) >= 11 is 0. The maximum atomic E-state index is 6.10. The predicted octanol–water partition coefficient (Wildman–Crippen LogP) is 4.55. The molecule has 0 spiro atoms. The van der Waals surface area contributed by atoms with Gasteiger partial charge in [-0.1, -0.05) is 37.5 Å². The standard InChI is InChI=1S/C23H30N6/c24-17-11-13-18(14-12-17)26-22-20-15-25-29(19-9-5-2-6-10-19)23(20)28-21(27-22)16-7-3-1-4-8-16/h2,5-6,9-10,15-18H,1,3-4,7-8,11-14,24H2,(H,26,27,28). The quantitative estimate of drug-likeness (QED) is 0.683. The van der Waals surface area contributed by atoms with E-state index in [-0.39, 0.29) is 0 Å². The van der Waals surface area contributed by atoms with E-state index in [1.807, 2.05) is 29.1 Å². The molecule has 0 atom stereocenters. The van der Waals surface area contributed by atoms with Gasteiger partial charge in [0.25, 0.3) is 0 Å². The molecule has 29 heavy (non-hydrogen) atoms. The Morgan fingerprint density at radius 2 is 1.66 bits per heavy atom. The minimum Gasteiger partial charge on any atom is -0.367 e. The third kappa shape index (κ3) is 3.86. The van der Waals surface area contributed by atoms with Crippen molar-refractivity contribution < 1.29 is 0 Å². The fraction of sp³-hybridized carbons (Fsp3) is 0.522. The molecule has 2 fully saturated rings. The molecule has 2 aliphatic rings. The summed E-state index contributed by atoms with van der Waals surface area (Å²) in [7, 11) is 0. The van der Waals surface area contributed by atoms with Gasteiger partial charge in [0.15, 0.2) is 5.65 Å². The largest absolute Gasteiger partial charge is 0.367 e. The van der Waals surface area contributed by atoms with Crippen LogP contribution in [0.15, 0.2) is 36.5 Å². The third-order valence-corrected chi connectivity index (χ3v) is 6.53.